The fourth-order valence-electron chi connectivity index (χ4n) is 2.07. The largest absolute Gasteiger partial charge is 0.504 e. The van der Waals surface area contributed by atoms with Crippen LogP contribution >= 0.6 is 0 Å². The summed E-state index contributed by atoms with van der Waals surface area (Å²) >= 11 is 0. The van der Waals surface area contributed by atoms with E-state index in [4.69, 9.17) is 9.15 Å². The maximum absolute atomic E-state index is 9.72. The van der Waals surface area contributed by atoms with Crippen LogP contribution in [0.25, 0.3) is 22.8 Å². The van der Waals surface area contributed by atoms with E-state index in [9.17, 15) is 5.11 Å². The third-order valence-corrected chi connectivity index (χ3v) is 3.12. The molecule has 1 aromatic carbocycles. The van der Waals surface area contributed by atoms with E-state index < -0.39 is 0 Å². The number of aromatic nitrogens is 3. The smallest absolute Gasteiger partial charge is 0.181 e. The molecule has 0 aliphatic heterocycles. The second-order valence-corrected chi connectivity index (χ2v) is 4.51. The second-order valence-electron chi connectivity index (χ2n) is 4.51. The molecule has 0 bridgehead atoms. The summed E-state index contributed by atoms with van der Waals surface area (Å²) in [7, 11) is 0. The molecule has 0 atom stereocenters. The highest BCUT2D eigenvalue weighted by Gasteiger charge is 2.13. The van der Waals surface area contributed by atoms with Crippen molar-refractivity contribution in [2.75, 3.05) is 6.61 Å². The molecular formula is C15H15N3O3. The molecule has 21 heavy (non-hydrogen) atoms. The average molecular weight is 285 g/mol. The number of ether oxygens (including phenoxy) is 1. The van der Waals surface area contributed by atoms with Gasteiger partial charge in [-0.2, -0.15) is 5.10 Å². The van der Waals surface area contributed by atoms with Crippen molar-refractivity contribution >= 4 is 0 Å². The number of hydrogen-bond donors (Lipinski definition) is 2. The van der Waals surface area contributed by atoms with E-state index in [0.717, 1.165) is 16.9 Å². The lowest BCUT2D eigenvalue weighted by atomic mass is 10.2. The predicted molar refractivity (Wildman–Crippen MR) is 77.1 cm³/mol. The van der Waals surface area contributed by atoms with Gasteiger partial charge >= 0.3 is 0 Å². The highest BCUT2D eigenvalue weighted by Crippen LogP contribution is 2.31. The average Bonchev–Trinajstić information content (AvgIpc) is 3.10. The van der Waals surface area contributed by atoms with Gasteiger partial charge in [-0.3, -0.25) is 5.10 Å². The fraction of sp³-hybridized carbons (Fsp3) is 0.200. The first kappa shape index (κ1) is 13.2. The van der Waals surface area contributed by atoms with E-state index in [2.05, 4.69) is 15.2 Å². The highest BCUT2D eigenvalue weighted by molar-refractivity contribution is 5.64. The molecule has 0 spiro atoms. The standard InChI is InChI=1S/C15H15N3O3/c1-3-20-13-8-10(4-5-12(13)19)14-16-15(18-17-14)11-6-7-21-9(11)2/h4-8,19H,3H2,1-2H3,(H,16,17,18). The Kier molecular flexibility index (Phi) is 3.35. The number of hydrogen-bond acceptors (Lipinski definition) is 5. The quantitative estimate of drug-likeness (QED) is 0.769. The maximum Gasteiger partial charge on any atom is 0.181 e. The van der Waals surface area contributed by atoms with Crippen molar-refractivity contribution < 1.29 is 14.3 Å². The molecule has 0 amide bonds. The molecular weight excluding hydrogens is 270 g/mol. The van der Waals surface area contributed by atoms with Crippen molar-refractivity contribution in [3.63, 3.8) is 0 Å². The Bertz CT molecular complexity index is 761. The number of aromatic hydroxyl groups is 1. The van der Waals surface area contributed by atoms with E-state index in [1.807, 2.05) is 19.9 Å². The van der Waals surface area contributed by atoms with Gasteiger partial charge in [0.2, 0.25) is 0 Å². The van der Waals surface area contributed by atoms with E-state index in [-0.39, 0.29) is 5.75 Å². The number of nitrogens with one attached hydrogen (secondary N) is 1. The van der Waals surface area contributed by atoms with Crippen LogP contribution in [-0.2, 0) is 0 Å². The first-order valence-corrected chi connectivity index (χ1v) is 6.62. The van der Waals surface area contributed by atoms with Gasteiger partial charge in [-0.1, -0.05) is 0 Å². The molecule has 0 aliphatic rings. The molecule has 0 saturated carbocycles. The van der Waals surface area contributed by atoms with Gasteiger partial charge in [-0.05, 0) is 38.1 Å². The summed E-state index contributed by atoms with van der Waals surface area (Å²) in [6.45, 7) is 4.20. The van der Waals surface area contributed by atoms with Gasteiger partial charge in [-0.15, -0.1) is 0 Å². The number of H-pyrrole nitrogens is 1. The Morgan fingerprint density at radius 2 is 2.19 bits per heavy atom. The molecule has 3 aromatic rings. The molecule has 2 aromatic heterocycles. The molecule has 0 aliphatic carbocycles. The van der Waals surface area contributed by atoms with Crippen LogP contribution in [0, 0.1) is 6.92 Å². The van der Waals surface area contributed by atoms with Gasteiger partial charge in [0.25, 0.3) is 0 Å². The topological polar surface area (TPSA) is 84.2 Å². The van der Waals surface area contributed by atoms with Crippen molar-refractivity contribution in [2.45, 2.75) is 13.8 Å². The van der Waals surface area contributed by atoms with Crippen LogP contribution < -0.4 is 4.74 Å². The first-order valence-electron chi connectivity index (χ1n) is 6.62. The number of furan rings is 1. The Labute approximate surface area is 121 Å². The van der Waals surface area contributed by atoms with E-state index in [1.165, 1.54) is 0 Å². The zero-order chi connectivity index (χ0) is 14.8. The van der Waals surface area contributed by atoms with Crippen LogP contribution in [0.5, 0.6) is 11.5 Å². The fourth-order valence-corrected chi connectivity index (χ4v) is 2.07. The summed E-state index contributed by atoms with van der Waals surface area (Å²) in [6, 6.07) is 6.86. The minimum Gasteiger partial charge on any atom is -0.504 e. The zero-order valence-corrected chi connectivity index (χ0v) is 11.8. The second kappa shape index (κ2) is 5.32. The summed E-state index contributed by atoms with van der Waals surface area (Å²) in [6.07, 6.45) is 1.61. The number of phenols is 1. The molecule has 2 N–H and O–H groups in total. The van der Waals surface area contributed by atoms with Crippen LogP contribution in [0.1, 0.15) is 12.7 Å². The molecule has 6 nitrogen and oxygen atoms in total. The SMILES string of the molecule is CCOc1cc(-c2n[nH]c(-c3ccoc3C)n2)ccc1O. The van der Waals surface area contributed by atoms with Crippen LogP contribution in [0.4, 0.5) is 0 Å². The summed E-state index contributed by atoms with van der Waals surface area (Å²) < 4.78 is 10.6. The van der Waals surface area contributed by atoms with Crippen molar-refractivity contribution in [3.8, 4) is 34.3 Å². The molecule has 6 heteroatoms. The normalized spacial score (nSPS) is 10.8. The molecule has 2 heterocycles. The lowest BCUT2D eigenvalue weighted by Gasteiger charge is -2.06. The predicted octanol–water partition coefficient (Wildman–Crippen LogP) is 3.14. The molecule has 3 rings (SSSR count). The molecule has 0 saturated heterocycles. The number of rotatable bonds is 4. The number of phenolic OH excluding ortho intramolecular Hbond substituents is 1. The van der Waals surface area contributed by atoms with Crippen LogP contribution in [0.3, 0.4) is 0 Å². The molecule has 0 unspecified atom stereocenters. The van der Waals surface area contributed by atoms with Crippen molar-refractivity contribution in [1.29, 1.82) is 0 Å². The number of benzene rings is 1. The minimum absolute atomic E-state index is 0.0991. The summed E-state index contributed by atoms with van der Waals surface area (Å²) in [5.41, 5.74) is 1.64. The third-order valence-electron chi connectivity index (χ3n) is 3.12. The van der Waals surface area contributed by atoms with E-state index >= 15 is 0 Å². The van der Waals surface area contributed by atoms with Gasteiger partial charge in [0.15, 0.2) is 23.1 Å². The number of aryl methyl sites for hydroxylation is 1. The molecule has 108 valence electrons. The van der Waals surface area contributed by atoms with Gasteiger partial charge in [0.1, 0.15) is 5.76 Å². The van der Waals surface area contributed by atoms with Crippen molar-refractivity contribution in [3.05, 3.63) is 36.3 Å². The summed E-state index contributed by atoms with van der Waals surface area (Å²) in [4.78, 5) is 4.45. The third kappa shape index (κ3) is 2.47. The van der Waals surface area contributed by atoms with Gasteiger partial charge in [0.05, 0.1) is 18.4 Å². The van der Waals surface area contributed by atoms with Crippen molar-refractivity contribution in [2.24, 2.45) is 0 Å². The first-order chi connectivity index (χ1) is 10.2. The molecule has 0 fully saturated rings. The van der Waals surface area contributed by atoms with Crippen LogP contribution in [0.15, 0.2) is 34.9 Å². The lowest BCUT2D eigenvalue weighted by Crippen LogP contribution is -1.92. The molecule has 0 radical (unpaired) electrons. The van der Waals surface area contributed by atoms with Gasteiger partial charge in [0, 0.05) is 5.56 Å². The Morgan fingerprint density at radius 1 is 1.33 bits per heavy atom. The monoisotopic (exact) mass is 285 g/mol. The van der Waals surface area contributed by atoms with E-state index in [1.54, 1.807) is 24.5 Å². The van der Waals surface area contributed by atoms with Gasteiger partial charge < -0.3 is 14.3 Å². The summed E-state index contributed by atoms with van der Waals surface area (Å²) in [5, 5.41) is 16.8. The Balaban J connectivity index is 1.97. The highest BCUT2D eigenvalue weighted by atomic mass is 16.5. The number of nitrogens with zero attached hydrogens (tertiary/aromatic N) is 2. The Morgan fingerprint density at radius 3 is 2.90 bits per heavy atom. The maximum atomic E-state index is 9.72. The number of aromatic amines is 1. The minimum atomic E-state index is 0.0991. The van der Waals surface area contributed by atoms with Crippen LogP contribution in [0.2, 0.25) is 0 Å². The van der Waals surface area contributed by atoms with Crippen molar-refractivity contribution in [1.82, 2.24) is 15.2 Å². The lowest BCUT2D eigenvalue weighted by molar-refractivity contribution is 0.318. The van der Waals surface area contributed by atoms with Gasteiger partial charge in [-0.25, -0.2) is 4.98 Å². The van der Waals surface area contributed by atoms with E-state index in [0.29, 0.717) is 24.0 Å². The summed E-state index contributed by atoms with van der Waals surface area (Å²) in [5.74, 6) is 2.47. The Hall–Kier alpha value is -2.76. The van der Waals surface area contributed by atoms with Crippen LogP contribution in [-0.4, -0.2) is 26.9 Å². The zero-order valence-electron chi connectivity index (χ0n) is 11.8.